The van der Waals surface area contributed by atoms with E-state index in [4.69, 9.17) is 0 Å². The summed E-state index contributed by atoms with van der Waals surface area (Å²) in [7, 11) is 0. The molecule has 20 heavy (non-hydrogen) atoms. The summed E-state index contributed by atoms with van der Waals surface area (Å²) in [5.74, 6) is -0.318. The van der Waals surface area contributed by atoms with E-state index < -0.39 is 4.92 Å². The van der Waals surface area contributed by atoms with Crippen molar-refractivity contribution >= 4 is 21.6 Å². The second-order valence-electron chi connectivity index (χ2n) is 4.27. The van der Waals surface area contributed by atoms with Gasteiger partial charge >= 0.3 is 0 Å². The fourth-order valence-electron chi connectivity index (χ4n) is 1.89. The van der Waals surface area contributed by atoms with Crippen molar-refractivity contribution in [3.8, 4) is 0 Å². The molecule has 0 radical (unpaired) electrons. The zero-order valence-corrected chi connectivity index (χ0v) is 12.1. The minimum atomic E-state index is -0.407. The molecule has 0 aliphatic rings. The Morgan fingerprint density at radius 1 is 1.20 bits per heavy atom. The molecule has 2 aromatic carbocycles. The van der Waals surface area contributed by atoms with Gasteiger partial charge in [-0.15, -0.1) is 0 Å². The molecule has 6 heteroatoms. The molecule has 104 valence electrons. The number of hydrogen-bond donors (Lipinski definition) is 1. The van der Waals surface area contributed by atoms with E-state index in [9.17, 15) is 14.5 Å². The standard InChI is InChI=1S/C14H12BrFN2O2/c15-12-5-10(6-13(16)7-12)8-17-9-11-3-1-2-4-14(11)18(19)20/h1-7,17H,8-9H2. The van der Waals surface area contributed by atoms with Gasteiger partial charge in [-0.05, 0) is 23.8 Å². The number of nitrogens with zero attached hydrogens (tertiary/aromatic N) is 1. The molecular formula is C14H12BrFN2O2. The fraction of sp³-hybridized carbons (Fsp3) is 0.143. The highest BCUT2D eigenvalue weighted by Gasteiger charge is 2.11. The van der Waals surface area contributed by atoms with Crippen molar-refractivity contribution in [3.05, 3.63) is 74.0 Å². The Hall–Kier alpha value is -1.79. The molecule has 0 saturated carbocycles. The molecule has 0 heterocycles. The van der Waals surface area contributed by atoms with Crippen LogP contribution in [0.25, 0.3) is 0 Å². The highest BCUT2D eigenvalue weighted by atomic mass is 79.9. The number of para-hydroxylation sites is 1. The molecule has 0 spiro atoms. The smallest absolute Gasteiger partial charge is 0.273 e. The van der Waals surface area contributed by atoms with E-state index >= 15 is 0 Å². The molecule has 0 unspecified atom stereocenters. The number of rotatable bonds is 5. The summed E-state index contributed by atoms with van der Waals surface area (Å²) in [6.45, 7) is 0.785. The first-order chi connectivity index (χ1) is 9.56. The van der Waals surface area contributed by atoms with Gasteiger partial charge in [-0.1, -0.05) is 34.1 Å². The SMILES string of the molecule is O=[N+]([O-])c1ccccc1CNCc1cc(F)cc(Br)c1. The molecule has 0 bridgehead atoms. The molecule has 2 aromatic rings. The van der Waals surface area contributed by atoms with Crippen molar-refractivity contribution in [3.63, 3.8) is 0 Å². The molecule has 0 amide bonds. The summed E-state index contributed by atoms with van der Waals surface area (Å²) in [6, 6.07) is 11.2. The average molecular weight is 339 g/mol. The zero-order valence-electron chi connectivity index (χ0n) is 10.5. The number of benzene rings is 2. The van der Waals surface area contributed by atoms with E-state index in [-0.39, 0.29) is 11.5 Å². The van der Waals surface area contributed by atoms with Crippen LogP contribution in [0, 0.1) is 15.9 Å². The summed E-state index contributed by atoms with van der Waals surface area (Å²) in [5.41, 5.74) is 1.46. The van der Waals surface area contributed by atoms with E-state index in [0.29, 0.717) is 23.1 Å². The van der Waals surface area contributed by atoms with Crippen molar-refractivity contribution in [2.45, 2.75) is 13.1 Å². The van der Waals surface area contributed by atoms with E-state index in [1.54, 1.807) is 24.3 Å². The van der Waals surface area contributed by atoms with Crippen LogP contribution in [0.3, 0.4) is 0 Å². The average Bonchev–Trinajstić information content (AvgIpc) is 2.38. The Balaban J connectivity index is 2.01. The maximum atomic E-state index is 13.2. The predicted molar refractivity (Wildman–Crippen MR) is 77.7 cm³/mol. The van der Waals surface area contributed by atoms with Gasteiger partial charge in [0, 0.05) is 29.2 Å². The highest BCUT2D eigenvalue weighted by molar-refractivity contribution is 9.10. The molecule has 4 nitrogen and oxygen atoms in total. The fourth-order valence-corrected chi connectivity index (χ4v) is 2.41. The van der Waals surface area contributed by atoms with Crippen molar-refractivity contribution in [1.29, 1.82) is 0 Å². The minimum Gasteiger partial charge on any atom is -0.308 e. The molecule has 0 aromatic heterocycles. The monoisotopic (exact) mass is 338 g/mol. The van der Waals surface area contributed by atoms with Crippen LogP contribution < -0.4 is 5.32 Å². The van der Waals surface area contributed by atoms with Crippen molar-refractivity contribution in [2.75, 3.05) is 0 Å². The van der Waals surface area contributed by atoms with Crippen LogP contribution in [0.4, 0.5) is 10.1 Å². The third-order valence-corrected chi connectivity index (χ3v) is 3.21. The van der Waals surface area contributed by atoms with Gasteiger partial charge in [0.1, 0.15) is 5.82 Å². The molecule has 0 atom stereocenters. The second-order valence-corrected chi connectivity index (χ2v) is 5.18. The zero-order chi connectivity index (χ0) is 14.5. The first-order valence-electron chi connectivity index (χ1n) is 5.94. The van der Waals surface area contributed by atoms with Crippen LogP contribution in [0.2, 0.25) is 0 Å². The van der Waals surface area contributed by atoms with Crippen LogP contribution in [0.1, 0.15) is 11.1 Å². The summed E-state index contributed by atoms with van der Waals surface area (Å²) in [4.78, 5) is 10.5. The molecule has 0 fully saturated rings. The summed E-state index contributed by atoms with van der Waals surface area (Å²) < 4.78 is 13.9. The van der Waals surface area contributed by atoms with Crippen LogP contribution in [-0.2, 0) is 13.1 Å². The summed E-state index contributed by atoms with van der Waals surface area (Å²) in [5, 5.41) is 13.9. The Kier molecular flexibility index (Phi) is 4.81. The van der Waals surface area contributed by atoms with Crippen LogP contribution >= 0.6 is 15.9 Å². The molecular weight excluding hydrogens is 327 g/mol. The lowest BCUT2D eigenvalue weighted by atomic mass is 10.1. The topological polar surface area (TPSA) is 55.2 Å². The molecule has 0 aliphatic carbocycles. The third kappa shape index (κ3) is 3.85. The van der Waals surface area contributed by atoms with Crippen molar-refractivity contribution in [1.82, 2.24) is 5.32 Å². The van der Waals surface area contributed by atoms with Crippen LogP contribution in [0.15, 0.2) is 46.9 Å². The van der Waals surface area contributed by atoms with Crippen molar-refractivity contribution in [2.24, 2.45) is 0 Å². The highest BCUT2D eigenvalue weighted by Crippen LogP contribution is 2.18. The third-order valence-electron chi connectivity index (χ3n) is 2.76. The Morgan fingerprint density at radius 2 is 1.95 bits per heavy atom. The molecule has 1 N–H and O–H groups in total. The van der Waals surface area contributed by atoms with Crippen LogP contribution in [0.5, 0.6) is 0 Å². The normalized spacial score (nSPS) is 10.5. The Labute approximate surface area is 123 Å². The Morgan fingerprint density at radius 3 is 2.65 bits per heavy atom. The number of halogens is 2. The number of nitrogens with one attached hydrogen (secondary N) is 1. The van der Waals surface area contributed by atoms with E-state index in [1.807, 2.05) is 0 Å². The van der Waals surface area contributed by atoms with Crippen LogP contribution in [-0.4, -0.2) is 4.92 Å². The van der Waals surface area contributed by atoms with Gasteiger partial charge in [-0.25, -0.2) is 4.39 Å². The largest absolute Gasteiger partial charge is 0.308 e. The van der Waals surface area contributed by atoms with Gasteiger partial charge in [0.15, 0.2) is 0 Å². The first-order valence-corrected chi connectivity index (χ1v) is 6.73. The lowest BCUT2D eigenvalue weighted by Crippen LogP contribution is -2.14. The van der Waals surface area contributed by atoms with Gasteiger partial charge in [0.25, 0.3) is 5.69 Å². The van der Waals surface area contributed by atoms with Gasteiger partial charge in [0.05, 0.1) is 4.92 Å². The predicted octanol–water partition coefficient (Wildman–Crippen LogP) is 3.79. The number of nitro benzene ring substituents is 1. The molecule has 0 aliphatic heterocycles. The molecule has 0 saturated heterocycles. The lowest BCUT2D eigenvalue weighted by Gasteiger charge is -2.06. The second kappa shape index (κ2) is 6.58. The number of hydrogen-bond acceptors (Lipinski definition) is 3. The minimum absolute atomic E-state index is 0.0837. The lowest BCUT2D eigenvalue weighted by molar-refractivity contribution is -0.385. The van der Waals surface area contributed by atoms with Gasteiger partial charge in [-0.2, -0.15) is 0 Å². The van der Waals surface area contributed by atoms with Gasteiger partial charge < -0.3 is 5.32 Å². The van der Waals surface area contributed by atoms with Gasteiger partial charge in [0.2, 0.25) is 0 Å². The van der Waals surface area contributed by atoms with E-state index in [0.717, 1.165) is 5.56 Å². The van der Waals surface area contributed by atoms with E-state index in [2.05, 4.69) is 21.2 Å². The number of nitro groups is 1. The quantitative estimate of drug-likeness (QED) is 0.666. The van der Waals surface area contributed by atoms with Gasteiger partial charge in [-0.3, -0.25) is 10.1 Å². The molecule has 2 rings (SSSR count). The van der Waals surface area contributed by atoms with Crippen molar-refractivity contribution < 1.29 is 9.31 Å². The first kappa shape index (κ1) is 14.6. The maximum absolute atomic E-state index is 13.2. The summed E-state index contributed by atoms with van der Waals surface area (Å²) >= 11 is 3.22. The summed E-state index contributed by atoms with van der Waals surface area (Å²) in [6.07, 6.45) is 0. The maximum Gasteiger partial charge on any atom is 0.273 e. The Bertz CT molecular complexity index is 614. The van der Waals surface area contributed by atoms with E-state index in [1.165, 1.54) is 18.2 Å².